The number of amides is 1. The first kappa shape index (κ1) is 18.3. The predicted molar refractivity (Wildman–Crippen MR) is 114 cm³/mol. The maximum Gasteiger partial charge on any atom is 0.257 e. The van der Waals surface area contributed by atoms with Gasteiger partial charge in [0.15, 0.2) is 0 Å². The monoisotopic (exact) mass is 392 g/mol. The third-order valence-corrected chi connectivity index (χ3v) is 5.48. The quantitative estimate of drug-likeness (QED) is 0.490. The number of halogens is 1. The maximum atomic E-state index is 13.0. The van der Waals surface area contributed by atoms with Gasteiger partial charge in [-0.1, -0.05) is 23.7 Å². The van der Waals surface area contributed by atoms with E-state index in [9.17, 15) is 4.79 Å². The van der Waals surface area contributed by atoms with E-state index < -0.39 is 0 Å². The molecule has 2 aromatic carbocycles. The maximum absolute atomic E-state index is 13.0. The van der Waals surface area contributed by atoms with E-state index in [4.69, 9.17) is 11.6 Å². The third-order valence-electron chi connectivity index (χ3n) is 5.26. The van der Waals surface area contributed by atoms with Gasteiger partial charge in [-0.15, -0.1) is 0 Å². The Balaban J connectivity index is 1.71. The number of carbonyl (C=O) groups excluding carboxylic acids is 1. The largest absolute Gasteiger partial charge is 0.358 e. The molecule has 6 heteroatoms. The number of carbonyl (C=O) groups is 1. The molecule has 2 heterocycles. The van der Waals surface area contributed by atoms with Crippen LogP contribution in [0.25, 0.3) is 22.2 Å². The van der Waals surface area contributed by atoms with Crippen LogP contribution in [-0.2, 0) is 7.05 Å². The summed E-state index contributed by atoms with van der Waals surface area (Å²) < 4.78 is 1.99. The van der Waals surface area contributed by atoms with Crippen LogP contribution in [0.15, 0.2) is 42.6 Å². The number of para-hydroxylation sites is 1. The summed E-state index contributed by atoms with van der Waals surface area (Å²) in [4.78, 5) is 20.6. The van der Waals surface area contributed by atoms with Gasteiger partial charge in [-0.3, -0.25) is 4.79 Å². The van der Waals surface area contributed by atoms with Crippen LogP contribution in [-0.4, -0.2) is 20.4 Å². The number of nitrogens with zero attached hydrogens (tertiary/aromatic N) is 2. The standard InChI is InChI=1S/C22H21ClN4O/c1-12-13(2)25-21-18(12)6-5-7-19(21)22(28)26-17-9-15(8-16(23)10-17)20-11-24-14(3)27(20)4/h5-11,25H,1-4H3,(H,26,28). The van der Waals surface area contributed by atoms with E-state index in [0.29, 0.717) is 16.3 Å². The van der Waals surface area contributed by atoms with Crippen molar-refractivity contribution in [1.82, 2.24) is 14.5 Å². The topological polar surface area (TPSA) is 62.7 Å². The van der Waals surface area contributed by atoms with E-state index in [-0.39, 0.29) is 5.91 Å². The number of rotatable bonds is 3. The molecule has 0 bridgehead atoms. The van der Waals surface area contributed by atoms with Crippen molar-refractivity contribution < 1.29 is 4.79 Å². The highest BCUT2D eigenvalue weighted by atomic mass is 35.5. The molecule has 0 radical (unpaired) electrons. The molecular weight excluding hydrogens is 372 g/mol. The van der Waals surface area contributed by atoms with Gasteiger partial charge in [0.1, 0.15) is 5.82 Å². The summed E-state index contributed by atoms with van der Waals surface area (Å²) in [5, 5.41) is 4.59. The predicted octanol–water partition coefficient (Wildman–Crippen LogP) is 5.40. The normalized spacial score (nSPS) is 11.2. The lowest BCUT2D eigenvalue weighted by molar-refractivity contribution is 0.102. The second-order valence-electron chi connectivity index (χ2n) is 7.04. The van der Waals surface area contributed by atoms with Crippen molar-refractivity contribution in [3.63, 3.8) is 0 Å². The average molecular weight is 393 g/mol. The van der Waals surface area contributed by atoms with Gasteiger partial charge < -0.3 is 14.9 Å². The van der Waals surface area contributed by atoms with E-state index in [1.807, 2.05) is 55.8 Å². The Labute approximate surface area is 168 Å². The molecule has 28 heavy (non-hydrogen) atoms. The van der Waals surface area contributed by atoms with Crippen LogP contribution in [0.1, 0.15) is 27.4 Å². The van der Waals surface area contributed by atoms with Crippen molar-refractivity contribution in [2.24, 2.45) is 7.05 Å². The Morgan fingerprint density at radius 3 is 2.68 bits per heavy atom. The Morgan fingerprint density at radius 2 is 1.96 bits per heavy atom. The Kier molecular flexibility index (Phi) is 4.47. The summed E-state index contributed by atoms with van der Waals surface area (Å²) in [6.45, 7) is 6.00. The minimum Gasteiger partial charge on any atom is -0.358 e. The fraction of sp³-hybridized carbons (Fsp3) is 0.182. The molecule has 142 valence electrons. The summed E-state index contributed by atoms with van der Waals surface area (Å²) in [5.41, 5.74) is 6.14. The fourth-order valence-corrected chi connectivity index (χ4v) is 3.69. The van der Waals surface area contributed by atoms with Gasteiger partial charge in [-0.2, -0.15) is 0 Å². The first-order valence-corrected chi connectivity index (χ1v) is 9.41. The number of nitrogens with one attached hydrogen (secondary N) is 2. The third kappa shape index (κ3) is 3.08. The number of aromatic amines is 1. The van der Waals surface area contributed by atoms with Crippen LogP contribution in [0.3, 0.4) is 0 Å². The zero-order valence-electron chi connectivity index (χ0n) is 16.2. The van der Waals surface area contributed by atoms with E-state index in [2.05, 4.69) is 22.2 Å². The minimum absolute atomic E-state index is 0.179. The summed E-state index contributed by atoms with van der Waals surface area (Å²) in [7, 11) is 1.95. The van der Waals surface area contributed by atoms with Gasteiger partial charge >= 0.3 is 0 Å². The van der Waals surface area contributed by atoms with Gasteiger partial charge in [0.25, 0.3) is 5.91 Å². The summed E-state index contributed by atoms with van der Waals surface area (Å²) in [5.74, 6) is 0.728. The number of imidazole rings is 1. The van der Waals surface area contributed by atoms with Gasteiger partial charge in [0.2, 0.25) is 0 Å². The zero-order valence-corrected chi connectivity index (χ0v) is 17.0. The molecule has 0 aliphatic carbocycles. The van der Waals surface area contributed by atoms with Crippen LogP contribution < -0.4 is 5.32 Å². The molecule has 2 aromatic heterocycles. The van der Waals surface area contributed by atoms with Crippen molar-refractivity contribution in [3.05, 3.63) is 70.3 Å². The molecule has 0 fully saturated rings. The molecule has 5 nitrogen and oxygen atoms in total. The van der Waals surface area contributed by atoms with Crippen molar-refractivity contribution in [2.75, 3.05) is 5.32 Å². The molecule has 0 saturated carbocycles. The molecular formula is C22H21ClN4O. The second-order valence-corrected chi connectivity index (χ2v) is 7.47. The molecule has 0 atom stereocenters. The van der Waals surface area contributed by atoms with Crippen LogP contribution >= 0.6 is 11.6 Å². The number of hydrogen-bond acceptors (Lipinski definition) is 2. The van der Waals surface area contributed by atoms with Crippen LogP contribution in [0.4, 0.5) is 5.69 Å². The highest BCUT2D eigenvalue weighted by Crippen LogP contribution is 2.29. The first-order valence-electron chi connectivity index (χ1n) is 9.03. The van der Waals surface area contributed by atoms with Gasteiger partial charge in [-0.05, 0) is 50.6 Å². The van der Waals surface area contributed by atoms with Crippen LogP contribution in [0.5, 0.6) is 0 Å². The lowest BCUT2D eigenvalue weighted by Crippen LogP contribution is -2.12. The van der Waals surface area contributed by atoms with E-state index in [0.717, 1.165) is 39.2 Å². The lowest BCUT2D eigenvalue weighted by Gasteiger charge is -2.10. The number of benzene rings is 2. The average Bonchev–Trinajstić information content (AvgIpc) is 3.14. The second kappa shape index (κ2) is 6.84. The smallest absolute Gasteiger partial charge is 0.257 e. The summed E-state index contributed by atoms with van der Waals surface area (Å²) in [6.07, 6.45) is 1.80. The number of H-pyrrole nitrogens is 1. The molecule has 0 aliphatic rings. The van der Waals surface area contributed by atoms with Gasteiger partial charge in [0.05, 0.1) is 23.0 Å². The van der Waals surface area contributed by atoms with E-state index >= 15 is 0 Å². The number of aryl methyl sites for hydroxylation is 3. The number of anilines is 1. The van der Waals surface area contributed by atoms with E-state index in [1.54, 1.807) is 12.3 Å². The summed E-state index contributed by atoms with van der Waals surface area (Å²) >= 11 is 6.32. The van der Waals surface area contributed by atoms with Crippen molar-refractivity contribution in [2.45, 2.75) is 20.8 Å². The zero-order chi connectivity index (χ0) is 20.0. The highest BCUT2D eigenvalue weighted by Gasteiger charge is 2.15. The number of aromatic nitrogens is 3. The van der Waals surface area contributed by atoms with Crippen LogP contribution in [0.2, 0.25) is 5.02 Å². The van der Waals surface area contributed by atoms with Gasteiger partial charge in [-0.25, -0.2) is 4.98 Å². The molecule has 1 amide bonds. The van der Waals surface area contributed by atoms with Crippen molar-refractivity contribution in [3.8, 4) is 11.3 Å². The molecule has 0 aliphatic heterocycles. The number of fused-ring (bicyclic) bond motifs is 1. The van der Waals surface area contributed by atoms with E-state index in [1.165, 1.54) is 0 Å². The molecule has 2 N–H and O–H groups in total. The molecule has 4 rings (SSSR count). The van der Waals surface area contributed by atoms with Crippen molar-refractivity contribution >= 4 is 34.1 Å². The molecule has 0 spiro atoms. The highest BCUT2D eigenvalue weighted by molar-refractivity contribution is 6.31. The SMILES string of the molecule is Cc1[nH]c2c(C(=O)Nc3cc(Cl)cc(-c4cnc(C)n4C)c3)cccc2c1C. The minimum atomic E-state index is -0.179. The molecule has 0 saturated heterocycles. The van der Waals surface area contributed by atoms with Crippen LogP contribution in [0, 0.1) is 20.8 Å². The lowest BCUT2D eigenvalue weighted by atomic mass is 10.1. The van der Waals surface area contributed by atoms with Gasteiger partial charge in [0, 0.05) is 34.4 Å². The van der Waals surface area contributed by atoms with Crippen molar-refractivity contribution in [1.29, 1.82) is 0 Å². The molecule has 0 unspecified atom stereocenters. The Bertz CT molecular complexity index is 1220. The summed E-state index contributed by atoms with van der Waals surface area (Å²) in [6, 6.07) is 11.3. The Hall–Kier alpha value is -3.05. The fourth-order valence-electron chi connectivity index (χ4n) is 3.45. The number of hydrogen-bond donors (Lipinski definition) is 2. The first-order chi connectivity index (χ1) is 13.3. The Morgan fingerprint density at radius 1 is 1.18 bits per heavy atom. The molecule has 4 aromatic rings.